The normalized spacial score (nSPS) is 10.3. The standard InChI is InChI=1S/C10H16Cl3NOS.C8H11Cl2NO/c1-6(2)14(7(3)4)10(15)16-5-8(11)9(12)13;1-3-5-11(6-4-2)8(12)7(9)10/h6-7H,5H2,1-4H3;3-4,7H,1-2,5-6H2. The predicted molar refractivity (Wildman–Crippen MR) is 127 cm³/mol. The summed E-state index contributed by atoms with van der Waals surface area (Å²) >= 11 is 28.6. The van der Waals surface area contributed by atoms with Gasteiger partial charge in [-0.25, -0.2) is 0 Å². The molecule has 0 aliphatic heterocycles. The number of amides is 2. The van der Waals surface area contributed by atoms with Gasteiger partial charge in [-0.3, -0.25) is 9.59 Å². The van der Waals surface area contributed by atoms with Gasteiger partial charge in [-0.2, -0.15) is 0 Å². The highest BCUT2D eigenvalue weighted by Gasteiger charge is 2.20. The topological polar surface area (TPSA) is 40.6 Å². The maximum absolute atomic E-state index is 11.9. The number of hydrogen-bond acceptors (Lipinski definition) is 3. The Labute approximate surface area is 197 Å². The summed E-state index contributed by atoms with van der Waals surface area (Å²) in [4.78, 5) is 25.3. The highest BCUT2D eigenvalue weighted by atomic mass is 35.5. The molecule has 0 aromatic heterocycles. The molecule has 0 radical (unpaired) electrons. The summed E-state index contributed by atoms with van der Waals surface area (Å²) in [5.41, 5.74) is 0. The second-order valence-electron chi connectivity index (χ2n) is 5.94. The lowest BCUT2D eigenvalue weighted by Crippen LogP contribution is -2.39. The maximum Gasteiger partial charge on any atom is 0.282 e. The number of hydrogen-bond donors (Lipinski definition) is 0. The van der Waals surface area contributed by atoms with Crippen molar-refractivity contribution in [2.75, 3.05) is 18.8 Å². The molecule has 0 spiro atoms. The fourth-order valence-electron chi connectivity index (χ4n) is 1.98. The first-order chi connectivity index (χ1) is 12.9. The van der Waals surface area contributed by atoms with Crippen LogP contribution < -0.4 is 0 Å². The van der Waals surface area contributed by atoms with Crippen molar-refractivity contribution in [3.8, 4) is 0 Å². The third-order valence-corrected chi connectivity index (χ3v) is 5.44. The monoisotopic (exact) mass is 510 g/mol. The highest BCUT2D eigenvalue weighted by Crippen LogP contribution is 2.24. The second kappa shape index (κ2) is 16.7. The van der Waals surface area contributed by atoms with Gasteiger partial charge in [0, 0.05) is 30.9 Å². The van der Waals surface area contributed by atoms with Gasteiger partial charge in [0.05, 0.1) is 5.03 Å². The van der Waals surface area contributed by atoms with Crippen molar-refractivity contribution in [2.24, 2.45) is 0 Å². The minimum Gasteiger partial charge on any atom is -0.333 e. The Balaban J connectivity index is 0. The smallest absolute Gasteiger partial charge is 0.282 e. The zero-order valence-electron chi connectivity index (χ0n) is 16.4. The molecule has 162 valence electrons. The molecule has 2 amide bonds. The molecule has 0 unspecified atom stereocenters. The summed E-state index contributed by atoms with van der Waals surface area (Å²) in [6.07, 6.45) is 3.22. The molecule has 0 rings (SSSR count). The molecule has 28 heavy (non-hydrogen) atoms. The van der Waals surface area contributed by atoms with Gasteiger partial charge in [0.15, 0.2) is 4.84 Å². The molecule has 0 saturated carbocycles. The van der Waals surface area contributed by atoms with E-state index in [0.717, 1.165) is 11.8 Å². The molecule has 0 aromatic rings. The molecule has 4 nitrogen and oxygen atoms in total. The number of halogens is 5. The third-order valence-electron chi connectivity index (χ3n) is 3.05. The van der Waals surface area contributed by atoms with E-state index in [4.69, 9.17) is 58.0 Å². The van der Waals surface area contributed by atoms with Gasteiger partial charge in [0.1, 0.15) is 4.49 Å². The molecule has 0 saturated heterocycles. The molecule has 0 aliphatic rings. The second-order valence-corrected chi connectivity index (χ2v) is 9.36. The molecular formula is C18H27Cl5N2O2S. The Kier molecular flexibility index (Phi) is 18.0. The number of carbonyl (C=O) groups excluding carboxylic acids is 2. The summed E-state index contributed by atoms with van der Waals surface area (Å²) < 4.78 is 0.0163. The number of rotatable bonds is 9. The van der Waals surface area contributed by atoms with Gasteiger partial charge in [0.2, 0.25) is 0 Å². The fraction of sp³-hybridized carbons (Fsp3) is 0.556. The lowest BCUT2D eigenvalue weighted by atomic mass is 10.2. The molecule has 0 aromatic carbocycles. The summed E-state index contributed by atoms with van der Waals surface area (Å²) in [5, 5.41) is 0.284. The largest absolute Gasteiger partial charge is 0.333 e. The number of thioether (sulfide) groups is 1. The Morgan fingerprint density at radius 2 is 1.39 bits per heavy atom. The van der Waals surface area contributed by atoms with Gasteiger partial charge in [-0.15, -0.1) is 13.2 Å². The van der Waals surface area contributed by atoms with Crippen LogP contribution in [0.25, 0.3) is 0 Å². The minimum atomic E-state index is -1.01. The van der Waals surface area contributed by atoms with E-state index in [2.05, 4.69) is 13.2 Å². The van der Waals surface area contributed by atoms with Crippen molar-refractivity contribution in [1.82, 2.24) is 9.80 Å². The zero-order valence-corrected chi connectivity index (χ0v) is 21.0. The van der Waals surface area contributed by atoms with Crippen molar-refractivity contribution in [3.05, 3.63) is 34.8 Å². The van der Waals surface area contributed by atoms with Crippen LogP contribution in [0.2, 0.25) is 0 Å². The average Bonchev–Trinajstić information content (AvgIpc) is 2.58. The van der Waals surface area contributed by atoms with E-state index < -0.39 is 4.84 Å². The van der Waals surface area contributed by atoms with Gasteiger partial charge in [-0.05, 0) is 27.7 Å². The van der Waals surface area contributed by atoms with Crippen LogP contribution in [0.1, 0.15) is 27.7 Å². The summed E-state index contributed by atoms with van der Waals surface area (Å²) in [5.74, 6) is -0.0169. The SMILES string of the molecule is C=CCN(CC=C)C(=O)C(Cl)Cl.CC(C)N(C(=O)SCC(Cl)=C(Cl)Cl)C(C)C. The van der Waals surface area contributed by atoms with Crippen molar-refractivity contribution < 1.29 is 9.59 Å². The molecule has 0 bridgehead atoms. The fourth-order valence-corrected chi connectivity index (χ4v) is 3.67. The van der Waals surface area contributed by atoms with E-state index in [1.165, 1.54) is 4.90 Å². The van der Waals surface area contributed by atoms with Crippen LogP contribution in [-0.2, 0) is 4.79 Å². The number of alkyl halides is 2. The van der Waals surface area contributed by atoms with Crippen LogP contribution in [-0.4, -0.2) is 56.7 Å². The quantitative estimate of drug-likeness (QED) is 0.251. The Hall–Kier alpha value is -0.0400. The van der Waals surface area contributed by atoms with Crippen molar-refractivity contribution >= 4 is 80.9 Å². The molecule has 0 aliphatic carbocycles. The lowest BCUT2D eigenvalue weighted by molar-refractivity contribution is -0.128. The zero-order chi connectivity index (χ0) is 22.4. The van der Waals surface area contributed by atoms with E-state index in [-0.39, 0.29) is 27.7 Å². The first kappa shape index (κ1) is 30.2. The van der Waals surface area contributed by atoms with E-state index >= 15 is 0 Å². The van der Waals surface area contributed by atoms with Crippen molar-refractivity contribution in [3.63, 3.8) is 0 Å². The molecule has 0 N–H and O–H groups in total. The maximum atomic E-state index is 11.9. The van der Waals surface area contributed by atoms with Crippen LogP contribution in [0.15, 0.2) is 34.8 Å². The Morgan fingerprint density at radius 3 is 1.68 bits per heavy atom. The Bertz CT molecular complexity index is 532. The van der Waals surface area contributed by atoms with E-state index in [1.807, 2.05) is 27.7 Å². The van der Waals surface area contributed by atoms with E-state index in [9.17, 15) is 9.59 Å². The van der Waals surface area contributed by atoms with Crippen molar-refractivity contribution in [1.29, 1.82) is 0 Å². The highest BCUT2D eigenvalue weighted by molar-refractivity contribution is 8.13. The van der Waals surface area contributed by atoms with Gasteiger partial charge >= 0.3 is 0 Å². The first-order valence-electron chi connectivity index (χ1n) is 8.34. The van der Waals surface area contributed by atoms with Gasteiger partial charge in [0.25, 0.3) is 11.1 Å². The van der Waals surface area contributed by atoms with Crippen LogP contribution >= 0.6 is 69.8 Å². The number of nitrogens with zero attached hydrogens (tertiary/aromatic N) is 2. The van der Waals surface area contributed by atoms with Gasteiger partial charge in [-0.1, -0.05) is 81.9 Å². The van der Waals surface area contributed by atoms with Crippen LogP contribution in [0.3, 0.4) is 0 Å². The van der Waals surface area contributed by atoms with Gasteiger partial charge < -0.3 is 9.80 Å². The summed E-state index contributed by atoms with van der Waals surface area (Å²) in [6.45, 7) is 15.8. The Morgan fingerprint density at radius 1 is 0.964 bits per heavy atom. The summed E-state index contributed by atoms with van der Waals surface area (Å²) in [7, 11) is 0. The average molecular weight is 513 g/mol. The molecule has 0 atom stereocenters. The first-order valence-corrected chi connectivity index (χ1v) is 11.3. The molecular weight excluding hydrogens is 486 g/mol. The van der Waals surface area contributed by atoms with Crippen LogP contribution in [0.4, 0.5) is 4.79 Å². The van der Waals surface area contributed by atoms with Crippen LogP contribution in [0, 0.1) is 0 Å². The third kappa shape index (κ3) is 13.2. The van der Waals surface area contributed by atoms with Crippen molar-refractivity contribution in [2.45, 2.75) is 44.6 Å². The molecule has 0 fully saturated rings. The van der Waals surface area contributed by atoms with E-state index in [1.54, 1.807) is 17.1 Å². The van der Waals surface area contributed by atoms with E-state index in [0.29, 0.717) is 23.9 Å². The summed E-state index contributed by atoms with van der Waals surface area (Å²) in [6, 6.07) is 0.323. The molecule has 10 heteroatoms. The van der Waals surface area contributed by atoms with Crippen LogP contribution in [0.5, 0.6) is 0 Å². The molecule has 0 heterocycles. The predicted octanol–water partition coefficient (Wildman–Crippen LogP) is 6.83. The minimum absolute atomic E-state index is 0.0160. The number of carbonyl (C=O) groups is 2. The lowest BCUT2D eigenvalue weighted by Gasteiger charge is -2.30.